The number of hydrogen-bond acceptors (Lipinski definition) is 3. The van der Waals surface area contributed by atoms with Crippen molar-refractivity contribution in [2.75, 3.05) is 0 Å². The monoisotopic (exact) mass is 209 g/mol. The molecule has 0 aromatic carbocycles. The molecule has 5 nitrogen and oxygen atoms in total. The van der Waals surface area contributed by atoms with Crippen molar-refractivity contribution in [3.8, 4) is 0 Å². The Morgan fingerprint density at radius 3 is 3.00 bits per heavy atom. The second-order valence-electron chi connectivity index (χ2n) is 4.11. The molecule has 0 bridgehead atoms. The summed E-state index contributed by atoms with van der Waals surface area (Å²) < 4.78 is 1.73. The van der Waals surface area contributed by atoms with Crippen LogP contribution in [0.3, 0.4) is 0 Å². The Balaban J connectivity index is 2.10. The lowest BCUT2D eigenvalue weighted by molar-refractivity contribution is -0.138. The van der Waals surface area contributed by atoms with Gasteiger partial charge in [-0.25, -0.2) is 0 Å². The van der Waals surface area contributed by atoms with Crippen LogP contribution in [0, 0.1) is 0 Å². The van der Waals surface area contributed by atoms with Gasteiger partial charge in [0.2, 0.25) is 0 Å². The summed E-state index contributed by atoms with van der Waals surface area (Å²) in [5.41, 5.74) is 7.45. The molecule has 1 heterocycles. The highest BCUT2D eigenvalue weighted by Gasteiger charge is 2.27. The highest BCUT2D eigenvalue weighted by atomic mass is 16.4. The first-order chi connectivity index (χ1) is 7.08. The lowest BCUT2D eigenvalue weighted by Crippen LogP contribution is -2.32. The number of rotatable bonds is 4. The first kappa shape index (κ1) is 10.2. The Bertz CT molecular complexity index is 382. The summed E-state index contributed by atoms with van der Waals surface area (Å²) in [6.45, 7) is 0. The number of carboxylic acids is 1. The molecule has 1 aromatic rings. The van der Waals surface area contributed by atoms with Gasteiger partial charge in [0.05, 0.1) is 5.69 Å². The highest BCUT2D eigenvalue weighted by Crippen LogP contribution is 2.39. The molecule has 1 aromatic heterocycles. The van der Waals surface area contributed by atoms with E-state index >= 15 is 0 Å². The largest absolute Gasteiger partial charge is 0.480 e. The molecule has 0 aliphatic heterocycles. The fourth-order valence-corrected chi connectivity index (χ4v) is 1.61. The molecule has 5 heteroatoms. The van der Waals surface area contributed by atoms with Gasteiger partial charge in [-0.15, -0.1) is 0 Å². The second-order valence-corrected chi connectivity index (χ2v) is 4.11. The molecule has 0 amide bonds. The summed E-state index contributed by atoms with van der Waals surface area (Å²) >= 11 is 0. The molecule has 0 radical (unpaired) electrons. The number of hydrogen-bond donors (Lipinski definition) is 2. The predicted octanol–water partition coefficient (Wildman–Crippen LogP) is 0.252. The van der Waals surface area contributed by atoms with Crippen molar-refractivity contribution in [3.63, 3.8) is 0 Å². The van der Waals surface area contributed by atoms with Gasteiger partial charge >= 0.3 is 5.97 Å². The van der Waals surface area contributed by atoms with E-state index in [-0.39, 0.29) is 0 Å². The minimum Gasteiger partial charge on any atom is -0.480 e. The van der Waals surface area contributed by atoms with Gasteiger partial charge in [0.1, 0.15) is 6.04 Å². The van der Waals surface area contributed by atoms with E-state index in [1.54, 1.807) is 4.68 Å². The summed E-state index contributed by atoms with van der Waals surface area (Å²) in [7, 11) is 1.83. The first-order valence-corrected chi connectivity index (χ1v) is 5.09. The molecule has 1 saturated carbocycles. The van der Waals surface area contributed by atoms with Crippen LogP contribution in [0.15, 0.2) is 6.07 Å². The van der Waals surface area contributed by atoms with E-state index in [2.05, 4.69) is 5.10 Å². The van der Waals surface area contributed by atoms with Crippen LogP contribution in [0.5, 0.6) is 0 Å². The van der Waals surface area contributed by atoms with Crippen LogP contribution in [0.1, 0.15) is 30.1 Å². The summed E-state index contributed by atoms with van der Waals surface area (Å²) in [4.78, 5) is 10.6. The van der Waals surface area contributed by atoms with Crippen LogP contribution >= 0.6 is 0 Å². The maximum atomic E-state index is 10.6. The Labute approximate surface area is 87.9 Å². The molecule has 1 atom stereocenters. The van der Waals surface area contributed by atoms with Gasteiger partial charge in [-0.05, 0) is 18.9 Å². The second kappa shape index (κ2) is 3.66. The molecule has 1 aliphatic rings. The van der Waals surface area contributed by atoms with E-state index in [1.807, 2.05) is 13.1 Å². The third kappa shape index (κ3) is 2.18. The summed E-state index contributed by atoms with van der Waals surface area (Å²) in [5.74, 6) is -0.379. The number of aliphatic carboxylic acids is 1. The first-order valence-electron chi connectivity index (χ1n) is 5.09. The van der Waals surface area contributed by atoms with Crippen molar-refractivity contribution in [3.05, 3.63) is 17.5 Å². The maximum Gasteiger partial charge on any atom is 0.320 e. The van der Waals surface area contributed by atoms with E-state index in [4.69, 9.17) is 10.8 Å². The lowest BCUT2D eigenvalue weighted by atomic mass is 10.1. The van der Waals surface area contributed by atoms with Crippen molar-refractivity contribution in [1.82, 2.24) is 9.78 Å². The van der Waals surface area contributed by atoms with Crippen LogP contribution < -0.4 is 5.73 Å². The van der Waals surface area contributed by atoms with Crippen molar-refractivity contribution >= 4 is 5.97 Å². The Kier molecular flexibility index (Phi) is 2.48. The van der Waals surface area contributed by atoms with E-state index in [0.29, 0.717) is 12.3 Å². The third-order valence-corrected chi connectivity index (χ3v) is 2.74. The average molecular weight is 209 g/mol. The van der Waals surface area contributed by atoms with Crippen LogP contribution in [-0.4, -0.2) is 26.9 Å². The molecule has 15 heavy (non-hydrogen) atoms. The molecule has 3 N–H and O–H groups in total. The normalized spacial score (nSPS) is 17.7. The molecule has 2 rings (SSSR count). The van der Waals surface area contributed by atoms with Crippen LogP contribution in [-0.2, 0) is 18.3 Å². The molecule has 1 aliphatic carbocycles. The number of nitrogens with two attached hydrogens (primary N) is 1. The van der Waals surface area contributed by atoms with Crippen molar-refractivity contribution in [1.29, 1.82) is 0 Å². The molecular formula is C10H15N3O2. The van der Waals surface area contributed by atoms with Crippen molar-refractivity contribution in [2.24, 2.45) is 12.8 Å². The molecular weight excluding hydrogens is 194 g/mol. The zero-order valence-corrected chi connectivity index (χ0v) is 8.68. The van der Waals surface area contributed by atoms with Crippen LogP contribution in [0.4, 0.5) is 0 Å². The van der Waals surface area contributed by atoms with Gasteiger partial charge in [-0.1, -0.05) is 0 Å². The minimum absolute atomic E-state index is 0.339. The topological polar surface area (TPSA) is 81.1 Å². The molecule has 82 valence electrons. The highest BCUT2D eigenvalue weighted by molar-refractivity contribution is 5.73. The number of nitrogens with zero attached hydrogens (tertiary/aromatic N) is 2. The number of carbonyl (C=O) groups is 1. The number of aromatic nitrogens is 2. The molecule has 0 saturated heterocycles. The molecule has 1 unspecified atom stereocenters. The fourth-order valence-electron chi connectivity index (χ4n) is 1.61. The standard InChI is InChI=1S/C10H15N3O2/c1-13-7(4-8(11)10(14)15)5-9(12-13)6-2-3-6/h5-6,8H,2-4,11H2,1H3,(H,14,15). The minimum atomic E-state index is -0.968. The molecule has 1 fully saturated rings. The van der Waals surface area contributed by atoms with Crippen molar-refractivity contribution < 1.29 is 9.90 Å². The quantitative estimate of drug-likeness (QED) is 0.745. The lowest BCUT2D eigenvalue weighted by Gasteiger charge is -2.05. The maximum absolute atomic E-state index is 10.6. The Morgan fingerprint density at radius 1 is 1.80 bits per heavy atom. The van der Waals surface area contributed by atoms with Gasteiger partial charge in [0.15, 0.2) is 0 Å². The fraction of sp³-hybridized carbons (Fsp3) is 0.600. The Hall–Kier alpha value is -1.36. The molecule has 0 spiro atoms. The number of aryl methyl sites for hydroxylation is 1. The predicted molar refractivity (Wildman–Crippen MR) is 54.5 cm³/mol. The van der Waals surface area contributed by atoms with E-state index < -0.39 is 12.0 Å². The van der Waals surface area contributed by atoms with Gasteiger partial charge in [-0.3, -0.25) is 9.48 Å². The van der Waals surface area contributed by atoms with Gasteiger partial charge in [0, 0.05) is 25.1 Å². The summed E-state index contributed by atoms with van der Waals surface area (Å²) in [6, 6.07) is 1.13. The van der Waals surface area contributed by atoms with E-state index in [1.165, 1.54) is 12.8 Å². The van der Waals surface area contributed by atoms with Crippen molar-refractivity contribution in [2.45, 2.75) is 31.2 Å². The van der Waals surface area contributed by atoms with Crippen LogP contribution in [0.25, 0.3) is 0 Å². The van der Waals surface area contributed by atoms with Gasteiger partial charge in [-0.2, -0.15) is 5.10 Å². The summed E-state index contributed by atoms with van der Waals surface area (Å²) in [5, 5.41) is 13.1. The van der Waals surface area contributed by atoms with Gasteiger partial charge < -0.3 is 10.8 Å². The SMILES string of the molecule is Cn1nc(C2CC2)cc1CC(N)C(=O)O. The van der Waals surface area contributed by atoms with E-state index in [9.17, 15) is 4.79 Å². The zero-order chi connectivity index (χ0) is 11.0. The van der Waals surface area contributed by atoms with Gasteiger partial charge in [0.25, 0.3) is 0 Å². The smallest absolute Gasteiger partial charge is 0.320 e. The van der Waals surface area contributed by atoms with E-state index in [0.717, 1.165) is 11.4 Å². The number of carboxylic acid groups (broad SMARTS) is 1. The van der Waals surface area contributed by atoms with Crippen LogP contribution in [0.2, 0.25) is 0 Å². The zero-order valence-electron chi connectivity index (χ0n) is 8.68. The average Bonchev–Trinajstić information content (AvgIpc) is 2.93. The summed E-state index contributed by atoms with van der Waals surface area (Å²) in [6.07, 6.45) is 2.73. The third-order valence-electron chi connectivity index (χ3n) is 2.74. The Morgan fingerprint density at radius 2 is 2.47 bits per heavy atom.